The minimum absolute atomic E-state index is 0.126. The first kappa shape index (κ1) is 23.6. The Morgan fingerprint density at radius 2 is 1.97 bits per heavy atom. The number of hydrogen-bond acceptors (Lipinski definition) is 2. The fourth-order valence-electron chi connectivity index (χ4n) is 7.17. The molecule has 0 amide bonds. The third kappa shape index (κ3) is 3.47. The second-order valence-electron chi connectivity index (χ2n) is 11.4. The van der Waals surface area contributed by atoms with Gasteiger partial charge >= 0.3 is 0 Å². The van der Waals surface area contributed by atoms with Crippen LogP contribution in [0.5, 0.6) is 0 Å². The van der Waals surface area contributed by atoms with Crippen LogP contribution in [0.2, 0.25) is 0 Å². The lowest BCUT2D eigenvalue weighted by molar-refractivity contribution is -0.0380. The quantitative estimate of drug-likeness (QED) is 0.549. The lowest BCUT2D eigenvalue weighted by Crippen LogP contribution is -2.71. The second kappa shape index (κ2) is 8.33. The second-order valence-corrected chi connectivity index (χ2v) is 11.4. The van der Waals surface area contributed by atoms with Gasteiger partial charge in [-0.2, -0.15) is 0 Å². The average molecular weight is 436 g/mol. The Balaban J connectivity index is 0.00000119. The van der Waals surface area contributed by atoms with E-state index in [1.54, 1.807) is 5.56 Å². The number of nitrogens with one attached hydrogen (secondary N) is 2. The van der Waals surface area contributed by atoms with Gasteiger partial charge in [-0.15, -0.1) is 0 Å². The maximum atomic E-state index is 3.97. The molecule has 1 aromatic heterocycles. The van der Waals surface area contributed by atoms with Gasteiger partial charge in [-0.1, -0.05) is 57.5 Å². The highest BCUT2D eigenvalue weighted by Crippen LogP contribution is 2.55. The van der Waals surface area contributed by atoms with Gasteiger partial charge in [-0.25, -0.2) is 0 Å². The van der Waals surface area contributed by atoms with E-state index in [-0.39, 0.29) is 11.0 Å². The smallest absolute Gasteiger partial charge is 0.0494 e. The number of nitrogens with zero attached hydrogens (tertiary/aromatic N) is 1. The molecule has 2 aliphatic heterocycles. The molecule has 32 heavy (non-hydrogen) atoms. The van der Waals surface area contributed by atoms with Crippen LogP contribution in [0.3, 0.4) is 0 Å². The van der Waals surface area contributed by atoms with E-state index in [0.29, 0.717) is 11.5 Å². The zero-order valence-electron chi connectivity index (χ0n) is 21.8. The number of benzene rings is 1. The standard InChI is InChI=1S/C27H39N3.C2H6/c1-18(2)11-12-19-9-7-10-20-21-15-27(28-6)17-30-14-8-13-26(30,5)16-22(27)25(3,4)24(21)29-23(19)20;1-2/h7,9-11,22,28-29H,8,12-17H2,1-6H3;1-2H3. The first-order chi connectivity index (χ1) is 15.2. The topological polar surface area (TPSA) is 31.1 Å². The van der Waals surface area contributed by atoms with Crippen LogP contribution in [0.1, 0.15) is 84.5 Å². The summed E-state index contributed by atoms with van der Waals surface area (Å²) >= 11 is 0. The van der Waals surface area contributed by atoms with Crippen molar-refractivity contribution >= 4 is 10.9 Å². The van der Waals surface area contributed by atoms with Gasteiger partial charge in [0.2, 0.25) is 0 Å². The molecule has 2 aromatic rings. The number of para-hydroxylation sites is 1. The van der Waals surface area contributed by atoms with Crippen molar-refractivity contribution in [1.29, 1.82) is 0 Å². The maximum absolute atomic E-state index is 3.97. The molecule has 3 atom stereocenters. The first-order valence-corrected chi connectivity index (χ1v) is 12.9. The van der Waals surface area contributed by atoms with Crippen molar-refractivity contribution in [2.75, 3.05) is 20.1 Å². The Bertz CT molecular complexity index is 1010. The van der Waals surface area contributed by atoms with Gasteiger partial charge < -0.3 is 10.3 Å². The molecule has 3 aliphatic rings. The van der Waals surface area contributed by atoms with Crippen LogP contribution in [-0.2, 0) is 18.3 Å². The van der Waals surface area contributed by atoms with Crippen molar-refractivity contribution < 1.29 is 0 Å². The summed E-state index contributed by atoms with van der Waals surface area (Å²) in [6.45, 7) is 18.3. The molecular weight excluding hydrogens is 390 g/mol. The molecule has 1 aromatic carbocycles. The summed E-state index contributed by atoms with van der Waals surface area (Å²) in [5.74, 6) is 0.635. The number of allylic oxidation sites excluding steroid dienone is 2. The van der Waals surface area contributed by atoms with E-state index in [0.717, 1.165) is 12.8 Å². The van der Waals surface area contributed by atoms with Crippen LogP contribution in [0, 0.1) is 5.92 Å². The van der Waals surface area contributed by atoms with E-state index < -0.39 is 0 Å². The van der Waals surface area contributed by atoms with Gasteiger partial charge in [-0.3, -0.25) is 4.90 Å². The first-order valence-electron chi connectivity index (χ1n) is 12.9. The van der Waals surface area contributed by atoms with Crippen molar-refractivity contribution in [2.45, 2.75) is 97.1 Å². The van der Waals surface area contributed by atoms with E-state index in [9.17, 15) is 0 Å². The van der Waals surface area contributed by atoms with E-state index in [2.05, 4.69) is 81.1 Å². The van der Waals surface area contributed by atoms with E-state index >= 15 is 0 Å². The van der Waals surface area contributed by atoms with Gasteiger partial charge in [0.1, 0.15) is 0 Å². The van der Waals surface area contributed by atoms with E-state index in [4.69, 9.17) is 0 Å². The van der Waals surface area contributed by atoms with Crippen LogP contribution in [-0.4, -0.2) is 41.1 Å². The minimum atomic E-state index is 0.126. The maximum Gasteiger partial charge on any atom is 0.0494 e. The molecule has 5 rings (SSSR count). The fraction of sp³-hybridized carbons (Fsp3) is 0.655. The zero-order chi connectivity index (χ0) is 23.3. The van der Waals surface area contributed by atoms with Crippen molar-refractivity contribution in [3.8, 4) is 0 Å². The fourth-order valence-corrected chi connectivity index (χ4v) is 7.17. The van der Waals surface area contributed by atoms with Crippen molar-refractivity contribution in [3.63, 3.8) is 0 Å². The van der Waals surface area contributed by atoms with E-state index in [1.165, 1.54) is 60.1 Å². The SMILES string of the molecule is CC.CNC12Cc3c([nH]c4c(CC=C(C)C)cccc34)C(C)(C)C1CC1(C)CCCN1C2. The monoisotopic (exact) mass is 435 g/mol. The third-order valence-corrected chi connectivity index (χ3v) is 8.95. The lowest BCUT2D eigenvalue weighted by Gasteiger charge is -2.61. The molecule has 1 aliphatic carbocycles. The molecule has 176 valence electrons. The summed E-state index contributed by atoms with van der Waals surface area (Å²) in [5, 5.41) is 5.33. The Morgan fingerprint density at radius 3 is 2.66 bits per heavy atom. The Kier molecular flexibility index (Phi) is 6.13. The summed E-state index contributed by atoms with van der Waals surface area (Å²) in [6.07, 6.45) is 8.49. The van der Waals surface area contributed by atoms with Crippen molar-refractivity contribution in [3.05, 3.63) is 46.7 Å². The van der Waals surface area contributed by atoms with Crippen molar-refractivity contribution in [2.24, 2.45) is 5.92 Å². The number of fused-ring (bicyclic) bond motifs is 5. The summed E-state index contributed by atoms with van der Waals surface area (Å²) in [7, 11) is 2.21. The molecule has 3 nitrogen and oxygen atoms in total. The largest absolute Gasteiger partial charge is 0.357 e. The van der Waals surface area contributed by atoms with Crippen LogP contribution in [0.25, 0.3) is 10.9 Å². The van der Waals surface area contributed by atoms with Crippen LogP contribution >= 0.6 is 0 Å². The number of likely N-dealkylation sites (N-methyl/N-ethyl adjacent to an activating group) is 1. The molecule has 3 heterocycles. The average Bonchev–Trinajstić information content (AvgIpc) is 3.33. The highest BCUT2D eigenvalue weighted by Gasteiger charge is 2.59. The van der Waals surface area contributed by atoms with E-state index in [1.807, 2.05) is 13.8 Å². The number of H-pyrrole nitrogens is 1. The van der Waals surface area contributed by atoms with Crippen LogP contribution in [0.15, 0.2) is 29.8 Å². The summed E-state index contributed by atoms with van der Waals surface area (Å²) < 4.78 is 0. The Morgan fingerprint density at radius 1 is 1.22 bits per heavy atom. The number of piperidine rings is 1. The molecule has 3 unspecified atom stereocenters. The highest BCUT2D eigenvalue weighted by atomic mass is 15.3. The number of aromatic amines is 1. The lowest BCUT2D eigenvalue weighted by atomic mass is 9.54. The van der Waals surface area contributed by atoms with Gasteiger partial charge in [0, 0.05) is 39.6 Å². The molecule has 0 bridgehead atoms. The Hall–Kier alpha value is -1.58. The molecule has 2 N–H and O–H groups in total. The van der Waals surface area contributed by atoms with Crippen molar-refractivity contribution in [1.82, 2.24) is 15.2 Å². The predicted molar refractivity (Wildman–Crippen MR) is 139 cm³/mol. The number of aromatic nitrogens is 1. The Labute approximate surface area is 196 Å². The minimum Gasteiger partial charge on any atom is -0.357 e. The normalized spacial score (nSPS) is 30.7. The van der Waals surface area contributed by atoms with Gasteiger partial charge in [0.25, 0.3) is 0 Å². The van der Waals surface area contributed by atoms with Gasteiger partial charge in [-0.05, 0) is 83.5 Å². The summed E-state index contributed by atoms with van der Waals surface area (Å²) in [4.78, 5) is 6.78. The van der Waals surface area contributed by atoms with Crippen LogP contribution < -0.4 is 5.32 Å². The third-order valence-electron chi connectivity index (χ3n) is 8.95. The molecular formula is C29H45N3. The van der Waals surface area contributed by atoms with Crippen LogP contribution in [0.4, 0.5) is 0 Å². The predicted octanol–water partition coefficient (Wildman–Crippen LogP) is 6.37. The number of rotatable bonds is 3. The van der Waals surface area contributed by atoms with Gasteiger partial charge in [0.15, 0.2) is 0 Å². The zero-order valence-corrected chi connectivity index (χ0v) is 21.8. The molecule has 3 heteroatoms. The highest BCUT2D eigenvalue weighted by molar-refractivity contribution is 5.88. The summed E-state index contributed by atoms with van der Waals surface area (Å²) in [6, 6.07) is 6.90. The molecule has 0 saturated carbocycles. The van der Waals surface area contributed by atoms with Gasteiger partial charge in [0.05, 0.1) is 0 Å². The molecule has 0 spiro atoms. The summed E-state index contributed by atoms with van der Waals surface area (Å²) in [5.41, 5.74) is 7.89. The molecule has 2 fully saturated rings. The number of hydrogen-bond donors (Lipinski definition) is 2. The molecule has 2 saturated heterocycles. The molecule has 0 radical (unpaired) electrons.